The van der Waals surface area contributed by atoms with Gasteiger partial charge in [-0.2, -0.15) is 5.26 Å². The van der Waals surface area contributed by atoms with Crippen LogP contribution in [0.3, 0.4) is 0 Å². The summed E-state index contributed by atoms with van der Waals surface area (Å²) in [5.74, 6) is 1.01. The molecule has 0 heterocycles. The number of hydrogen-bond donors (Lipinski definition) is 1. The highest BCUT2D eigenvalue weighted by Crippen LogP contribution is 2.47. The van der Waals surface area contributed by atoms with E-state index in [-0.39, 0.29) is 0 Å². The minimum atomic E-state index is -0.670. The summed E-state index contributed by atoms with van der Waals surface area (Å²) in [6.45, 7) is 6.50. The molecule has 1 aliphatic rings. The van der Waals surface area contributed by atoms with Crippen molar-refractivity contribution in [1.29, 1.82) is 5.26 Å². The van der Waals surface area contributed by atoms with Crippen LogP contribution in [0.4, 0.5) is 0 Å². The monoisotopic (exact) mass is 271 g/mol. The molecule has 2 heteroatoms. The Kier molecular flexibility index (Phi) is 4.50. The number of aliphatic hydroxyl groups excluding tert-OH is 1. The molecule has 2 rings (SSSR count). The molecule has 1 N–H and O–H groups in total. The number of aliphatic hydroxyl groups is 1. The lowest BCUT2D eigenvalue weighted by Gasteiger charge is -2.38. The summed E-state index contributed by atoms with van der Waals surface area (Å²) in [5.41, 5.74) is 1.55. The lowest BCUT2D eigenvalue weighted by Crippen LogP contribution is -2.32. The van der Waals surface area contributed by atoms with E-state index >= 15 is 0 Å². The van der Waals surface area contributed by atoms with Gasteiger partial charge in [0.2, 0.25) is 0 Å². The van der Waals surface area contributed by atoms with Crippen LogP contribution in [0, 0.1) is 22.7 Å². The second-order valence-electron chi connectivity index (χ2n) is 6.69. The number of benzene rings is 1. The normalized spacial score (nSPS) is 28.1. The molecular formula is C18H25NO. The van der Waals surface area contributed by atoms with Crippen LogP contribution in [0.5, 0.6) is 0 Å². The van der Waals surface area contributed by atoms with Crippen LogP contribution in [-0.2, 0) is 0 Å². The Morgan fingerprint density at radius 2 is 1.85 bits per heavy atom. The fraction of sp³-hybridized carbons (Fsp3) is 0.611. The number of rotatable bonds is 3. The van der Waals surface area contributed by atoms with E-state index < -0.39 is 11.5 Å². The predicted molar refractivity (Wildman–Crippen MR) is 81.2 cm³/mol. The molecule has 20 heavy (non-hydrogen) atoms. The topological polar surface area (TPSA) is 44.0 Å². The van der Waals surface area contributed by atoms with Gasteiger partial charge in [0, 0.05) is 0 Å². The maximum Gasteiger partial charge on any atom is 0.0976 e. The fourth-order valence-corrected chi connectivity index (χ4v) is 3.39. The zero-order valence-corrected chi connectivity index (χ0v) is 12.8. The molecule has 3 atom stereocenters. The highest BCUT2D eigenvalue weighted by atomic mass is 16.3. The fourth-order valence-electron chi connectivity index (χ4n) is 3.39. The van der Waals surface area contributed by atoms with E-state index in [1.165, 1.54) is 12.0 Å². The van der Waals surface area contributed by atoms with Crippen molar-refractivity contribution in [2.75, 3.05) is 0 Å². The molecule has 0 aromatic heterocycles. The zero-order chi connectivity index (χ0) is 14.8. The average Bonchev–Trinajstić information content (AvgIpc) is 2.46. The number of hydrogen-bond acceptors (Lipinski definition) is 2. The van der Waals surface area contributed by atoms with Crippen LogP contribution >= 0.6 is 0 Å². The molecular weight excluding hydrogens is 246 g/mol. The quantitative estimate of drug-likeness (QED) is 0.875. The minimum absolute atomic E-state index is 0.487. The molecule has 1 saturated carbocycles. The van der Waals surface area contributed by atoms with Gasteiger partial charge in [0.15, 0.2) is 0 Å². The van der Waals surface area contributed by atoms with Gasteiger partial charge in [-0.05, 0) is 35.8 Å². The van der Waals surface area contributed by atoms with Gasteiger partial charge in [-0.25, -0.2) is 0 Å². The maximum atomic E-state index is 10.7. The van der Waals surface area contributed by atoms with Crippen molar-refractivity contribution in [3.05, 3.63) is 35.4 Å². The maximum absolute atomic E-state index is 10.7. The Bertz CT molecular complexity index is 485. The van der Waals surface area contributed by atoms with E-state index in [1.807, 2.05) is 12.1 Å². The van der Waals surface area contributed by atoms with Gasteiger partial charge < -0.3 is 5.11 Å². The molecule has 0 aliphatic heterocycles. The molecule has 0 saturated heterocycles. The van der Waals surface area contributed by atoms with Gasteiger partial charge in [0.05, 0.1) is 17.6 Å². The van der Waals surface area contributed by atoms with Crippen LogP contribution < -0.4 is 0 Å². The zero-order valence-electron chi connectivity index (χ0n) is 12.8. The third-order valence-electron chi connectivity index (χ3n) is 4.70. The second kappa shape index (κ2) is 5.97. The second-order valence-corrected chi connectivity index (χ2v) is 6.69. The van der Waals surface area contributed by atoms with E-state index in [0.717, 1.165) is 24.8 Å². The molecule has 0 radical (unpaired) electrons. The van der Waals surface area contributed by atoms with Crippen LogP contribution in [0.1, 0.15) is 69.6 Å². The summed E-state index contributed by atoms with van der Waals surface area (Å²) in [7, 11) is 0. The van der Waals surface area contributed by atoms with Crippen molar-refractivity contribution < 1.29 is 5.11 Å². The summed E-state index contributed by atoms with van der Waals surface area (Å²) < 4.78 is 0. The van der Waals surface area contributed by atoms with Gasteiger partial charge in [0.25, 0.3) is 0 Å². The van der Waals surface area contributed by atoms with Crippen molar-refractivity contribution in [1.82, 2.24) is 0 Å². The standard InChI is InChI=1S/C18H25NO/c1-13(2)15-6-8-16(9-7-15)17(20)18(12-19)10-4-5-14(3)11-18/h6-9,13-14,17,20H,4-5,10-11H2,1-3H3. The summed E-state index contributed by atoms with van der Waals surface area (Å²) in [6.07, 6.45) is 3.15. The summed E-state index contributed by atoms with van der Waals surface area (Å²) in [5, 5.41) is 20.3. The SMILES string of the molecule is CC1CCCC(C#N)(C(O)c2ccc(C(C)C)cc2)C1. The number of nitriles is 1. The first-order valence-corrected chi connectivity index (χ1v) is 7.67. The third kappa shape index (κ3) is 2.88. The van der Waals surface area contributed by atoms with E-state index in [2.05, 4.69) is 39.0 Å². The van der Waals surface area contributed by atoms with Gasteiger partial charge in [-0.15, -0.1) is 0 Å². The average molecular weight is 271 g/mol. The van der Waals surface area contributed by atoms with Gasteiger partial charge in [0.1, 0.15) is 0 Å². The van der Waals surface area contributed by atoms with E-state index in [1.54, 1.807) is 0 Å². The lowest BCUT2D eigenvalue weighted by molar-refractivity contribution is 0.0219. The van der Waals surface area contributed by atoms with Crippen molar-refractivity contribution in [3.8, 4) is 6.07 Å². The Morgan fingerprint density at radius 3 is 2.35 bits per heavy atom. The first-order chi connectivity index (χ1) is 9.48. The molecule has 1 aliphatic carbocycles. The van der Waals surface area contributed by atoms with Crippen molar-refractivity contribution >= 4 is 0 Å². The predicted octanol–water partition coefficient (Wildman–Crippen LogP) is 4.56. The molecule has 1 fully saturated rings. The minimum Gasteiger partial charge on any atom is -0.387 e. The highest BCUT2D eigenvalue weighted by molar-refractivity contribution is 5.29. The summed E-state index contributed by atoms with van der Waals surface area (Å²) in [4.78, 5) is 0. The van der Waals surface area contributed by atoms with Crippen LogP contribution in [0.15, 0.2) is 24.3 Å². The van der Waals surface area contributed by atoms with Crippen molar-refractivity contribution in [3.63, 3.8) is 0 Å². The van der Waals surface area contributed by atoms with E-state index in [0.29, 0.717) is 11.8 Å². The first-order valence-electron chi connectivity index (χ1n) is 7.67. The highest BCUT2D eigenvalue weighted by Gasteiger charge is 2.42. The van der Waals surface area contributed by atoms with Crippen LogP contribution in [0.2, 0.25) is 0 Å². The molecule has 0 amide bonds. The number of nitrogens with zero attached hydrogens (tertiary/aromatic N) is 1. The molecule has 0 bridgehead atoms. The van der Waals surface area contributed by atoms with E-state index in [4.69, 9.17) is 0 Å². The van der Waals surface area contributed by atoms with Crippen molar-refractivity contribution in [2.24, 2.45) is 11.3 Å². The van der Waals surface area contributed by atoms with Crippen molar-refractivity contribution in [2.45, 2.75) is 58.5 Å². The Balaban J connectivity index is 2.24. The molecule has 1 aromatic rings. The van der Waals surface area contributed by atoms with Gasteiger partial charge >= 0.3 is 0 Å². The lowest BCUT2D eigenvalue weighted by atomic mass is 9.66. The Hall–Kier alpha value is -1.33. The molecule has 108 valence electrons. The Morgan fingerprint density at radius 1 is 1.25 bits per heavy atom. The van der Waals surface area contributed by atoms with Gasteiger partial charge in [-0.1, -0.05) is 57.9 Å². The summed E-state index contributed by atoms with van der Waals surface area (Å²) in [6, 6.07) is 10.5. The largest absolute Gasteiger partial charge is 0.387 e. The van der Waals surface area contributed by atoms with Crippen LogP contribution in [0.25, 0.3) is 0 Å². The molecule has 0 spiro atoms. The smallest absolute Gasteiger partial charge is 0.0976 e. The summed E-state index contributed by atoms with van der Waals surface area (Å²) >= 11 is 0. The molecule has 3 unspecified atom stereocenters. The van der Waals surface area contributed by atoms with E-state index in [9.17, 15) is 10.4 Å². The molecule has 2 nitrogen and oxygen atoms in total. The third-order valence-corrected chi connectivity index (χ3v) is 4.70. The van der Waals surface area contributed by atoms with Crippen LogP contribution in [-0.4, -0.2) is 5.11 Å². The molecule has 1 aromatic carbocycles. The first kappa shape index (κ1) is 15.1. The Labute approximate surface area is 122 Å². The van der Waals surface area contributed by atoms with Gasteiger partial charge in [-0.3, -0.25) is 0 Å².